The molecule has 0 aromatic heterocycles. The van der Waals surface area contributed by atoms with Crippen LogP contribution >= 0.6 is 45.2 Å². The Bertz CT molecular complexity index is 1310. The number of rotatable bonds is 4. The number of fused-ring (bicyclic) bond motifs is 7. The Morgan fingerprint density at radius 3 is 1.85 bits per heavy atom. The lowest BCUT2D eigenvalue weighted by molar-refractivity contribution is 0.446. The van der Waals surface area contributed by atoms with Crippen LogP contribution in [0.5, 0.6) is 11.5 Å². The Morgan fingerprint density at radius 2 is 1.30 bits per heavy atom. The van der Waals surface area contributed by atoms with Crippen molar-refractivity contribution in [1.29, 1.82) is 0 Å². The van der Waals surface area contributed by atoms with E-state index in [9.17, 15) is 0 Å². The van der Waals surface area contributed by atoms with E-state index in [1.807, 2.05) is 0 Å². The summed E-state index contributed by atoms with van der Waals surface area (Å²) in [5.74, 6) is 8.29. The van der Waals surface area contributed by atoms with E-state index < -0.39 is 7.12 Å². The Morgan fingerprint density at radius 1 is 0.758 bits per heavy atom. The van der Waals surface area contributed by atoms with E-state index >= 15 is 0 Å². The Labute approximate surface area is 222 Å². The SMILES string of the molecule is CCCCCCC#CB1Oc2c(I)cc3ccccc3c2-c2c(c(I)cc3ccccc23)O1. The highest BCUT2D eigenvalue weighted by atomic mass is 127. The summed E-state index contributed by atoms with van der Waals surface area (Å²) in [5.41, 5.74) is 2.18. The first kappa shape index (κ1) is 22.9. The Hall–Kier alpha value is -1.92. The van der Waals surface area contributed by atoms with Gasteiger partial charge < -0.3 is 9.31 Å². The van der Waals surface area contributed by atoms with Crippen molar-refractivity contribution in [2.24, 2.45) is 0 Å². The maximum absolute atomic E-state index is 6.50. The number of hydrogen-bond donors (Lipinski definition) is 0. The van der Waals surface area contributed by atoms with Crippen molar-refractivity contribution in [1.82, 2.24) is 0 Å². The molecular formula is C28H23BI2O2. The Balaban J connectivity index is 1.71. The van der Waals surface area contributed by atoms with Gasteiger partial charge in [0.1, 0.15) is 11.5 Å². The molecule has 0 unspecified atom stereocenters. The first-order valence-corrected chi connectivity index (χ1v) is 13.6. The second kappa shape index (κ2) is 10.1. The van der Waals surface area contributed by atoms with Crippen LogP contribution in [0.3, 0.4) is 0 Å². The van der Waals surface area contributed by atoms with E-state index in [1.54, 1.807) is 0 Å². The van der Waals surface area contributed by atoms with Crippen molar-refractivity contribution in [3.63, 3.8) is 0 Å². The summed E-state index contributed by atoms with van der Waals surface area (Å²) >= 11 is 4.76. The van der Waals surface area contributed by atoms with Crippen molar-refractivity contribution in [3.8, 4) is 34.4 Å². The van der Waals surface area contributed by atoms with Crippen molar-refractivity contribution >= 4 is 73.8 Å². The third-order valence-corrected chi connectivity index (χ3v) is 7.59. The molecule has 1 heterocycles. The van der Waals surface area contributed by atoms with Crippen molar-refractivity contribution in [3.05, 3.63) is 67.8 Å². The number of halogens is 2. The topological polar surface area (TPSA) is 18.5 Å². The summed E-state index contributed by atoms with van der Waals surface area (Å²) in [6, 6.07) is 21.4. The van der Waals surface area contributed by atoms with Crippen LogP contribution < -0.4 is 9.31 Å². The average molecular weight is 656 g/mol. The molecule has 164 valence electrons. The Kier molecular flexibility index (Phi) is 7.03. The summed E-state index contributed by atoms with van der Waals surface area (Å²) in [4.78, 5) is 0. The van der Waals surface area contributed by atoms with E-state index in [0.29, 0.717) is 0 Å². The number of hydrogen-bond acceptors (Lipinski definition) is 2. The van der Waals surface area contributed by atoms with Crippen LogP contribution in [0.1, 0.15) is 39.0 Å². The fraction of sp³-hybridized carbons (Fsp3) is 0.214. The summed E-state index contributed by atoms with van der Waals surface area (Å²) in [7, 11) is -0.638. The average Bonchev–Trinajstić information content (AvgIpc) is 3.00. The minimum absolute atomic E-state index is 0.638. The predicted molar refractivity (Wildman–Crippen MR) is 156 cm³/mol. The molecule has 1 aliphatic rings. The molecule has 0 fully saturated rings. The van der Waals surface area contributed by atoms with Gasteiger partial charge in [-0.15, -0.1) is 5.92 Å². The second-order valence-corrected chi connectivity index (χ2v) is 10.6. The monoisotopic (exact) mass is 656 g/mol. The van der Waals surface area contributed by atoms with Gasteiger partial charge in [0, 0.05) is 17.5 Å². The molecule has 0 aliphatic carbocycles. The van der Waals surface area contributed by atoms with Gasteiger partial charge in [-0.2, -0.15) is 0 Å². The normalized spacial score (nSPS) is 12.3. The minimum atomic E-state index is -0.638. The molecule has 0 amide bonds. The molecular weight excluding hydrogens is 633 g/mol. The lowest BCUT2D eigenvalue weighted by atomic mass is 9.91. The summed E-state index contributed by atoms with van der Waals surface area (Å²) in [6.07, 6.45) is 5.69. The molecule has 4 aromatic rings. The highest BCUT2D eigenvalue weighted by Gasteiger charge is 2.33. The lowest BCUT2D eigenvalue weighted by Crippen LogP contribution is -2.28. The van der Waals surface area contributed by atoms with Gasteiger partial charge in [0.25, 0.3) is 0 Å². The summed E-state index contributed by atoms with van der Waals surface area (Å²) in [6.45, 7) is 2.23. The molecule has 2 nitrogen and oxygen atoms in total. The van der Waals surface area contributed by atoms with Gasteiger partial charge in [-0.3, -0.25) is 0 Å². The molecule has 5 rings (SSSR count). The molecule has 1 aliphatic heterocycles. The highest BCUT2D eigenvalue weighted by Crippen LogP contribution is 2.50. The lowest BCUT2D eigenvalue weighted by Gasteiger charge is -2.16. The smallest absolute Gasteiger partial charge is 0.514 e. The van der Waals surface area contributed by atoms with Gasteiger partial charge in [0.15, 0.2) is 0 Å². The molecule has 0 atom stereocenters. The van der Waals surface area contributed by atoms with Gasteiger partial charge in [0.2, 0.25) is 0 Å². The zero-order chi connectivity index (χ0) is 22.8. The summed E-state index contributed by atoms with van der Waals surface area (Å²) in [5, 5.41) is 4.72. The van der Waals surface area contributed by atoms with E-state index in [2.05, 4.69) is 125 Å². The molecule has 4 aromatic carbocycles. The zero-order valence-electron chi connectivity index (χ0n) is 18.5. The van der Waals surface area contributed by atoms with Crippen molar-refractivity contribution in [2.45, 2.75) is 39.0 Å². The van der Waals surface area contributed by atoms with Crippen LogP contribution in [0, 0.1) is 18.9 Å². The minimum Gasteiger partial charge on any atom is -0.514 e. The molecule has 0 saturated carbocycles. The van der Waals surface area contributed by atoms with E-state index in [0.717, 1.165) is 53.4 Å². The first-order valence-electron chi connectivity index (χ1n) is 11.4. The molecule has 0 spiro atoms. The van der Waals surface area contributed by atoms with Gasteiger partial charge in [-0.1, -0.05) is 80.5 Å². The quantitative estimate of drug-likeness (QED) is 0.0949. The predicted octanol–water partition coefficient (Wildman–Crippen LogP) is 8.64. The van der Waals surface area contributed by atoms with Crippen molar-refractivity contribution < 1.29 is 9.31 Å². The number of unbranched alkanes of at least 4 members (excludes halogenated alkanes) is 4. The van der Waals surface area contributed by atoms with E-state index in [1.165, 1.54) is 30.0 Å². The zero-order valence-corrected chi connectivity index (χ0v) is 22.8. The van der Waals surface area contributed by atoms with Crippen LogP contribution in [-0.2, 0) is 0 Å². The molecule has 0 N–H and O–H groups in total. The molecule has 0 radical (unpaired) electrons. The van der Waals surface area contributed by atoms with Crippen LogP contribution in [0.15, 0.2) is 60.7 Å². The van der Waals surface area contributed by atoms with Gasteiger partial charge in [-0.25, -0.2) is 0 Å². The maximum Gasteiger partial charge on any atom is 0.690 e. The molecule has 0 saturated heterocycles. The highest BCUT2D eigenvalue weighted by molar-refractivity contribution is 14.1. The molecule has 5 heteroatoms. The van der Waals surface area contributed by atoms with Gasteiger partial charge in [-0.05, 0) is 85.3 Å². The van der Waals surface area contributed by atoms with Crippen LogP contribution in [0.4, 0.5) is 0 Å². The fourth-order valence-corrected chi connectivity index (χ4v) is 5.87. The van der Waals surface area contributed by atoms with Crippen LogP contribution in [0.2, 0.25) is 0 Å². The maximum atomic E-state index is 6.50. The van der Waals surface area contributed by atoms with Crippen molar-refractivity contribution in [2.75, 3.05) is 0 Å². The fourth-order valence-electron chi connectivity index (χ4n) is 4.41. The van der Waals surface area contributed by atoms with Gasteiger partial charge in [0.05, 0.1) is 7.14 Å². The molecule has 33 heavy (non-hydrogen) atoms. The third kappa shape index (κ3) is 4.57. The third-order valence-electron chi connectivity index (χ3n) is 5.99. The van der Waals surface area contributed by atoms with Gasteiger partial charge >= 0.3 is 7.12 Å². The largest absolute Gasteiger partial charge is 0.690 e. The standard InChI is InChI=1S/C28H23BI2O2/c1-2-3-4-5-6-11-16-29-32-27-23(30)17-19-12-7-9-14-21(19)25(27)26-22-15-10-8-13-20(22)18-24(31)28(26)33-29/h7-10,12-15,17-18H,2-6H2,1H3. The van der Waals surface area contributed by atoms with E-state index in [4.69, 9.17) is 9.31 Å². The van der Waals surface area contributed by atoms with Crippen LogP contribution in [0.25, 0.3) is 32.7 Å². The van der Waals surface area contributed by atoms with Crippen LogP contribution in [-0.4, -0.2) is 7.12 Å². The van der Waals surface area contributed by atoms with E-state index in [-0.39, 0.29) is 0 Å². The molecule has 0 bridgehead atoms. The number of benzene rings is 4. The second-order valence-electron chi connectivity index (χ2n) is 8.27. The first-order chi connectivity index (χ1) is 16.2. The summed E-state index contributed by atoms with van der Waals surface area (Å²) < 4.78 is 15.1.